The monoisotopic (exact) mass is 296 g/mol. The van der Waals surface area contributed by atoms with Gasteiger partial charge in [0.1, 0.15) is 9.61 Å². The quantitative estimate of drug-likeness (QED) is 0.943. The maximum Gasteiger partial charge on any atom is 0.124 e. The van der Waals surface area contributed by atoms with Crippen molar-refractivity contribution in [3.8, 4) is 10.6 Å². The number of benzene rings is 1. The molecule has 0 fully saturated rings. The predicted molar refractivity (Wildman–Crippen MR) is 72.7 cm³/mol. The molecule has 2 rings (SSSR count). The van der Waals surface area contributed by atoms with Crippen LogP contribution in [0.25, 0.3) is 10.6 Å². The lowest BCUT2D eigenvalue weighted by Crippen LogP contribution is -2.01. The van der Waals surface area contributed by atoms with Crippen LogP contribution in [0.5, 0.6) is 0 Å². The Morgan fingerprint density at radius 2 is 2.00 bits per heavy atom. The highest BCUT2D eigenvalue weighted by atomic mass is 79.9. The molecule has 16 heavy (non-hydrogen) atoms. The molecule has 0 aliphatic carbocycles. The molecule has 84 valence electrons. The van der Waals surface area contributed by atoms with Crippen molar-refractivity contribution in [2.75, 3.05) is 6.54 Å². The number of halogens is 1. The molecule has 0 radical (unpaired) electrons. The number of aryl methyl sites for hydroxylation is 1. The Labute approximate surface area is 108 Å². The van der Waals surface area contributed by atoms with E-state index in [0.29, 0.717) is 6.54 Å². The van der Waals surface area contributed by atoms with E-state index in [0.717, 1.165) is 16.0 Å². The van der Waals surface area contributed by atoms with Gasteiger partial charge in [-0.1, -0.05) is 29.8 Å². The molecule has 0 aliphatic heterocycles. The third-order valence-corrected chi connectivity index (χ3v) is 4.40. The average Bonchev–Trinajstić information content (AvgIpc) is 2.62. The Hall–Kier alpha value is -0.710. The highest BCUT2D eigenvalue weighted by Gasteiger charge is 2.09. The van der Waals surface area contributed by atoms with Gasteiger partial charge in [-0.25, -0.2) is 4.98 Å². The molecule has 4 heteroatoms. The molecule has 2 aromatic rings. The van der Waals surface area contributed by atoms with Crippen molar-refractivity contribution in [1.29, 1.82) is 0 Å². The first kappa shape index (κ1) is 11.8. The lowest BCUT2D eigenvalue weighted by molar-refractivity contribution is 0.977. The fourth-order valence-electron chi connectivity index (χ4n) is 1.44. The zero-order valence-electron chi connectivity index (χ0n) is 9.03. The van der Waals surface area contributed by atoms with Gasteiger partial charge in [-0.05, 0) is 35.8 Å². The second-order valence-electron chi connectivity index (χ2n) is 3.64. The van der Waals surface area contributed by atoms with Gasteiger partial charge in [0.15, 0.2) is 0 Å². The summed E-state index contributed by atoms with van der Waals surface area (Å²) >= 11 is 5.18. The van der Waals surface area contributed by atoms with Crippen LogP contribution in [0.2, 0.25) is 0 Å². The van der Waals surface area contributed by atoms with E-state index in [1.807, 2.05) is 0 Å². The highest BCUT2D eigenvalue weighted by Crippen LogP contribution is 2.31. The van der Waals surface area contributed by atoms with Gasteiger partial charge in [-0.3, -0.25) is 0 Å². The van der Waals surface area contributed by atoms with Crippen LogP contribution >= 0.6 is 27.3 Å². The van der Waals surface area contributed by atoms with Crippen molar-refractivity contribution in [3.63, 3.8) is 0 Å². The maximum absolute atomic E-state index is 5.56. The van der Waals surface area contributed by atoms with E-state index in [4.69, 9.17) is 5.73 Å². The van der Waals surface area contributed by atoms with Crippen LogP contribution in [0.15, 0.2) is 28.9 Å². The SMILES string of the molecule is Cc1ccc(-c2nc(Br)c(CCN)s2)cc1. The minimum Gasteiger partial charge on any atom is -0.330 e. The third-order valence-electron chi connectivity index (χ3n) is 2.32. The number of hydrogen-bond donors (Lipinski definition) is 1. The molecule has 0 atom stereocenters. The lowest BCUT2D eigenvalue weighted by atomic mass is 10.2. The van der Waals surface area contributed by atoms with Crippen LogP contribution in [-0.4, -0.2) is 11.5 Å². The van der Waals surface area contributed by atoms with Crippen molar-refractivity contribution in [1.82, 2.24) is 4.98 Å². The topological polar surface area (TPSA) is 38.9 Å². The minimum absolute atomic E-state index is 0.661. The lowest BCUT2D eigenvalue weighted by Gasteiger charge is -1.96. The Balaban J connectivity index is 2.33. The maximum atomic E-state index is 5.56. The van der Waals surface area contributed by atoms with Crippen LogP contribution in [-0.2, 0) is 6.42 Å². The first-order chi connectivity index (χ1) is 7.70. The highest BCUT2D eigenvalue weighted by molar-refractivity contribution is 9.10. The molecular weight excluding hydrogens is 284 g/mol. The van der Waals surface area contributed by atoms with Crippen LogP contribution < -0.4 is 5.73 Å². The number of nitrogens with two attached hydrogens (primary N) is 1. The smallest absolute Gasteiger partial charge is 0.124 e. The second kappa shape index (κ2) is 5.08. The van der Waals surface area contributed by atoms with E-state index in [1.54, 1.807) is 11.3 Å². The van der Waals surface area contributed by atoms with E-state index in [2.05, 4.69) is 52.1 Å². The minimum atomic E-state index is 0.661. The van der Waals surface area contributed by atoms with Gasteiger partial charge in [0.25, 0.3) is 0 Å². The number of rotatable bonds is 3. The summed E-state index contributed by atoms with van der Waals surface area (Å²) in [7, 11) is 0. The Morgan fingerprint density at radius 3 is 2.62 bits per heavy atom. The van der Waals surface area contributed by atoms with Crippen LogP contribution in [0.4, 0.5) is 0 Å². The fraction of sp³-hybridized carbons (Fsp3) is 0.250. The van der Waals surface area contributed by atoms with Gasteiger partial charge in [0, 0.05) is 10.4 Å². The molecule has 0 amide bonds. The Kier molecular flexibility index (Phi) is 3.74. The van der Waals surface area contributed by atoms with Gasteiger partial charge < -0.3 is 5.73 Å². The first-order valence-electron chi connectivity index (χ1n) is 5.13. The van der Waals surface area contributed by atoms with E-state index < -0.39 is 0 Å². The van der Waals surface area contributed by atoms with E-state index in [1.165, 1.54) is 16.0 Å². The third kappa shape index (κ3) is 2.51. The predicted octanol–water partition coefficient (Wildman–Crippen LogP) is 3.38. The standard InChI is InChI=1S/C12H13BrN2S/c1-8-2-4-9(5-3-8)12-15-11(13)10(16-12)6-7-14/h2-5H,6-7,14H2,1H3. The molecule has 0 spiro atoms. The van der Waals surface area contributed by atoms with Crippen molar-refractivity contribution in [2.45, 2.75) is 13.3 Å². The van der Waals surface area contributed by atoms with Crippen LogP contribution in [0, 0.1) is 6.92 Å². The molecule has 1 aromatic carbocycles. The van der Waals surface area contributed by atoms with E-state index >= 15 is 0 Å². The normalized spacial score (nSPS) is 10.7. The van der Waals surface area contributed by atoms with Crippen molar-refractivity contribution in [3.05, 3.63) is 39.3 Å². The van der Waals surface area contributed by atoms with Gasteiger partial charge >= 0.3 is 0 Å². The number of hydrogen-bond acceptors (Lipinski definition) is 3. The van der Waals surface area contributed by atoms with E-state index in [-0.39, 0.29) is 0 Å². The molecular formula is C12H13BrN2S. The van der Waals surface area contributed by atoms with Gasteiger partial charge in [0.2, 0.25) is 0 Å². The van der Waals surface area contributed by atoms with Gasteiger partial charge in [0.05, 0.1) is 0 Å². The molecule has 1 aromatic heterocycles. The summed E-state index contributed by atoms with van der Waals surface area (Å²) in [5.41, 5.74) is 7.99. The van der Waals surface area contributed by atoms with E-state index in [9.17, 15) is 0 Å². The summed E-state index contributed by atoms with van der Waals surface area (Å²) in [6.45, 7) is 2.75. The molecule has 0 unspecified atom stereocenters. The summed E-state index contributed by atoms with van der Waals surface area (Å²) in [6, 6.07) is 8.42. The zero-order valence-corrected chi connectivity index (χ0v) is 11.4. The van der Waals surface area contributed by atoms with Gasteiger partial charge in [-0.15, -0.1) is 11.3 Å². The fourth-order valence-corrected chi connectivity index (χ4v) is 3.15. The largest absolute Gasteiger partial charge is 0.330 e. The zero-order chi connectivity index (χ0) is 11.5. The molecule has 0 saturated heterocycles. The van der Waals surface area contributed by atoms with Crippen molar-refractivity contribution >= 4 is 27.3 Å². The first-order valence-corrected chi connectivity index (χ1v) is 6.74. The summed E-state index contributed by atoms with van der Waals surface area (Å²) in [6.07, 6.45) is 0.879. The number of aromatic nitrogens is 1. The average molecular weight is 297 g/mol. The molecule has 2 nitrogen and oxygen atoms in total. The summed E-state index contributed by atoms with van der Waals surface area (Å²) in [4.78, 5) is 5.73. The molecule has 1 heterocycles. The molecule has 0 aliphatic rings. The van der Waals surface area contributed by atoms with Crippen LogP contribution in [0.3, 0.4) is 0 Å². The van der Waals surface area contributed by atoms with Crippen molar-refractivity contribution in [2.24, 2.45) is 5.73 Å². The summed E-state index contributed by atoms with van der Waals surface area (Å²) in [5, 5.41) is 1.05. The number of nitrogens with zero attached hydrogens (tertiary/aromatic N) is 1. The molecule has 0 bridgehead atoms. The number of thiazole rings is 1. The summed E-state index contributed by atoms with van der Waals surface area (Å²) in [5.74, 6) is 0. The summed E-state index contributed by atoms with van der Waals surface area (Å²) < 4.78 is 0.929. The van der Waals surface area contributed by atoms with Gasteiger partial charge in [-0.2, -0.15) is 0 Å². The molecule has 2 N–H and O–H groups in total. The van der Waals surface area contributed by atoms with Crippen LogP contribution in [0.1, 0.15) is 10.4 Å². The molecule has 0 saturated carbocycles. The second-order valence-corrected chi connectivity index (χ2v) is 5.47. The Bertz CT molecular complexity index is 476. The Morgan fingerprint density at radius 1 is 1.31 bits per heavy atom. The van der Waals surface area contributed by atoms with Crippen molar-refractivity contribution < 1.29 is 0 Å².